The lowest BCUT2D eigenvalue weighted by Crippen LogP contribution is -2.38. The molecular formula is C41H41ClN5O10P. The molecule has 58 heavy (non-hydrogen) atoms. The van der Waals surface area contributed by atoms with Gasteiger partial charge in [-0.1, -0.05) is 92.2 Å². The molecule has 0 aliphatic carbocycles. The van der Waals surface area contributed by atoms with Crippen molar-refractivity contribution in [1.29, 1.82) is 0 Å². The Balaban J connectivity index is 1.29. The van der Waals surface area contributed by atoms with Crippen molar-refractivity contribution in [2.24, 2.45) is 5.92 Å². The van der Waals surface area contributed by atoms with Crippen LogP contribution in [0, 0.1) is 5.92 Å². The summed E-state index contributed by atoms with van der Waals surface area (Å²) in [4.78, 5) is 48.0. The number of phosphoric acid groups is 1. The summed E-state index contributed by atoms with van der Waals surface area (Å²) in [5, 5.41) is 2.72. The number of methoxy groups -OCH3 is 2. The number of imidazole rings is 1. The van der Waals surface area contributed by atoms with Crippen LogP contribution >= 0.6 is 19.4 Å². The van der Waals surface area contributed by atoms with Gasteiger partial charge in [-0.3, -0.25) is 33.9 Å². The van der Waals surface area contributed by atoms with Gasteiger partial charge in [0.15, 0.2) is 11.2 Å². The zero-order valence-corrected chi connectivity index (χ0v) is 33.6. The molecule has 6 aromatic rings. The van der Waals surface area contributed by atoms with E-state index in [1.807, 2.05) is 78.9 Å². The number of H-pyrrole nitrogens is 1. The highest BCUT2D eigenvalue weighted by atomic mass is 35.5. The molecular weight excluding hydrogens is 789 g/mol. The molecule has 1 amide bonds. The van der Waals surface area contributed by atoms with Crippen molar-refractivity contribution < 1.29 is 42.2 Å². The SMILES string of the molecule is COc1ccc(C(OC[C@H]2O[C@@H](n3cnc4c(=O)[nH]c(NC(=O)C(C)C)nc43)C[C@@H]2OP(=O)(O)Oc2ccccc2Cl)(c2ccccc2)c2ccc(OC)cc2)cc1. The number of aromatic nitrogens is 4. The van der Waals surface area contributed by atoms with Gasteiger partial charge in [0, 0.05) is 12.3 Å². The molecule has 4 aromatic carbocycles. The van der Waals surface area contributed by atoms with Crippen molar-refractivity contribution in [3.05, 3.63) is 142 Å². The van der Waals surface area contributed by atoms with E-state index in [1.165, 1.54) is 23.0 Å². The maximum Gasteiger partial charge on any atom is 0.527 e. The van der Waals surface area contributed by atoms with Crippen LogP contribution in [0.3, 0.4) is 0 Å². The number of hydrogen-bond acceptors (Lipinski definition) is 11. The second kappa shape index (κ2) is 17.1. The third-order valence-electron chi connectivity index (χ3n) is 9.65. The molecule has 1 saturated heterocycles. The Labute approximate surface area is 338 Å². The molecule has 2 aromatic heterocycles. The van der Waals surface area contributed by atoms with Crippen molar-refractivity contribution >= 4 is 42.4 Å². The fourth-order valence-corrected chi connectivity index (χ4v) is 7.95. The van der Waals surface area contributed by atoms with Crippen LogP contribution in [0.2, 0.25) is 5.02 Å². The lowest BCUT2D eigenvalue weighted by Gasteiger charge is -2.37. The largest absolute Gasteiger partial charge is 0.527 e. The van der Waals surface area contributed by atoms with Crippen molar-refractivity contribution in [3.63, 3.8) is 0 Å². The number of benzene rings is 4. The topological polar surface area (TPSA) is 185 Å². The molecule has 4 atom stereocenters. The smallest absolute Gasteiger partial charge is 0.497 e. The van der Waals surface area contributed by atoms with Crippen LogP contribution in [0.25, 0.3) is 11.2 Å². The van der Waals surface area contributed by atoms with E-state index in [4.69, 9.17) is 39.6 Å². The van der Waals surface area contributed by atoms with Gasteiger partial charge in [-0.25, -0.2) is 9.55 Å². The summed E-state index contributed by atoms with van der Waals surface area (Å²) in [6.45, 7) is 3.21. The summed E-state index contributed by atoms with van der Waals surface area (Å²) in [6.07, 6.45) is -1.78. The van der Waals surface area contributed by atoms with Gasteiger partial charge in [-0.2, -0.15) is 4.98 Å². The zero-order chi connectivity index (χ0) is 41.0. The lowest BCUT2D eigenvalue weighted by molar-refractivity contribution is -0.118. The van der Waals surface area contributed by atoms with E-state index in [2.05, 4.69) is 20.3 Å². The average molecular weight is 830 g/mol. The summed E-state index contributed by atoms with van der Waals surface area (Å²) < 4.78 is 51.2. The number of halogens is 1. The molecule has 17 heteroatoms. The monoisotopic (exact) mass is 829 g/mol. The first kappa shape index (κ1) is 40.6. The molecule has 0 bridgehead atoms. The Morgan fingerprint density at radius 3 is 2.17 bits per heavy atom. The minimum absolute atomic E-state index is 0.0136. The van der Waals surface area contributed by atoms with Gasteiger partial charge < -0.3 is 23.5 Å². The highest BCUT2D eigenvalue weighted by Gasteiger charge is 2.46. The number of rotatable bonds is 15. The van der Waals surface area contributed by atoms with Crippen molar-refractivity contribution in [2.45, 2.75) is 44.3 Å². The molecule has 0 saturated carbocycles. The van der Waals surface area contributed by atoms with Crippen LogP contribution in [0.5, 0.6) is 17.2 Å². The highest BCUT2D eigenvalue weighted by molar-refractivity contribution is 7.47. The van der Waals surface area contributed by atoms with Gasteiger partial charge in [-0.05, 0) is 53.1 Å². The van der Waals surface area contributed by atoms with E-state index in [0.717, 1.165) is 16.7 Å². The van der Waals surface area contributed by atoms with Gasteiger partial charge in [0.05, 0.1) is 32.2 Å². The number of hydrogen-bond donors (Lipinski definition) is 3. The normalized spacial score (nSPS) is 17.9. The van der Waals surface area contributed by atoms with Gasteiger partial charge in [-0.15, -0.1) is 0 Å². The number of aromatic amines is 1. The zero-order valence-electron chi connectivity index (χ0n) is 31.9. The van der Waals surface area contributed by atoms with E-state index in [-0.39, 0.29) is 52.7 Å². The Morgan fingerprint density at radius 2 is 1.57 bits per heavy atom. The van der Waals surface area contributed by atoms with Crippen LogP contribution in [-0.4, -0.2) is 63.4 Å². The fraction of sp³-hybridized carbons (Fsp3) is 0.268. The number of fused-ring (bicyclic) bond motifs is 1. The molecule has 0 spiro atoms. The molecule has 0 radical (unpaired) electrons. The van der Waals surface area contributed by atoms with Gasteiger partial charge >= 0.3 is 7.82 Å². The third-order valence-corrected chi connectivity index (χ3v) is 10.9. The molecule has 1 aliphatic heterocycles. The lowest BCUT2D eigenvalue weighted by atomic mass is 9.80. The number of amides is 1. The van der Waals surface area contributed by atoms with E-state index < -0.39 is 37.4 Å². The van der Waals surface area contributed by atoms with Crippen molar-refractivity contribution in [2.75, 3.05) is 26.1 Å². The number of carbonyl (C=O) groups is 1. The first-order valence-corrected chi connectivity index (χ1v) is 20.1. The van der Waals surface area contributed by atoms with Gasteiger partial charge in [0.2, 0.25) is 11.9 Å². The third kappa shape index (κ3) is 8.51. The first-order valence-electron chi connectivity index (χ1n) is 18.3. The summed E-state index contributed by atoms with van der Waals surface area (Å²) in [6, 6.07) is 30.7. The number of anilines is 1. The van der Waals surface area contributed by atoms with Crippen molar-refractivity contribution in [1.82, 2.24) is 19.5 Å². The van der Waals surface area contributed by atoms with E-state index in [9.17, 15) is 19.0 Å². The van der Waals surface area contributed by atoms with Crippen LogP contribution in [0.1, 0.15) is 43.2 Å². The van der Waals surface area contributed by atoms with Crippen molar-refractivity contribution in [3.8, 4) is 17.2 Å². The number of phosphoric ester groups is 1. The molecule has 1 unspecified atom stereocenters. The standard InChI is InChI=1S/C41H41ClN5O10P/c1-25(2)38(48)45-40-44-37-36(39(49)46-40)43-24-47(37)35-22-33(57-58(50,51)56-32-13-9-8-12-31(32)42)34(55-35)23-54-41(26-10-6-5-7-11-26,27-14-18-29(52-3)19-15-27)28-16-20-30(53-4)21-17-28/h5-21,24-25,33-35H,22-23H2,1-4H3,(H,50,51)(H2,44,45,46,48,49)/t33-,34+,35+/m0/s1. The van der Waals surface area contributed by atoms with Crippen LogP contribution < -0.4 is 24.9 Å². The molecule has 302 valence electrons. The fourth-order valence-electron chi connectivity index (χ4n) is 6.71. The van der Waals surface area contributed by atoms with Gasteiger partial charge in [0.1, 0.15) is 41.3 Å². The number of para-hydroxylation sites is 1. The molecule has 15 nitrogen and oxygen atoms in total. The molecule has 3 heterocycles. The van der Waals surface area contributed by atoms with Gasteiger partial charge in [0.25, 0.3) is 5.56 Å². The van der Waals surface area contributed by atoms with Crippen LogP contribution in [0.4, 0.5) is 5.95 Å². The predicted molar refractivity (Wildman–Crippen MR) is 215 cm³/mol. The first-order chi connectivity index (χ1) is 27.9. The molecule has 7 rings (SSSR count). The second-order valence-electron chi connectivity index (χ2n) is 13.7. The maximum atomic E-state index is 13.7. The summed E-state index contributed by atoms with van der Waals surface area (Å²) in [5.41, 5.74) is 0.476. The predicted octanol–water partition coefficient (Wildman–Crippen LogP) is 7.25. The molecule has 1 fully saturated rings. The van der Waals surface area contributed by atoms with Crippen LogP contribution in [-0.2, 0) is 29.0 Å². The Hall–Kier alpha value is -5.54. The summed E-state index contributed by atoms with van der Waals surface area (Å²) in [7, 11) is -1.70. The Bertz CT molecular complexity index is 2430. The Morgan fingerprint density at radius 1 is 0.966 bits per heavy atom. The molecule has 1 aliphatic rings. The second-order valence-corrected chi connectivity index (χ2v) is 15.4. The Kier molecular flexibility index (Phi) is 12.0. The van der Waals surface area contributed by atoms with E-state index in [0.29, 0.717) is 11.5 Å². The highest BCUT2D eigenvalue weighted by Crippen LogP contribution is 2.51. The summed E-state index contributed by atoms with van der Waals surface area (Å²) in [5.74, 6) is 0.400. The minimum Gasteiger partial charge on any atom is -0.497 e. The molecule has 3 N–H and O–H groups in total. The number of carbonyl (C=O) groups excluding carboxylic acids is 1. The minimum atomic E-state index is -4.87. The average Bonchev–Trinajstić information content (AvgIpc) is 3.83. The number of nitrogens with one attached hydrogen (secondary N) is 2. The van der Waals surface area contributed by atoms with E-state index >= 15 is 0 Å². The van der Waals surface area contributed by atoms with E-state index in [1.54, 1.807) is 40.2 Å². The maximum absolute atomic E-state index is 13.7. The number of ether oxygens (including phenoxy) is 4. The number of nitrogens with zero attached hydrogens (tertiary/aromatic N) is 3. The van der Waals surface area contributed by atoms with Crippen LogP contribution in [0.15, 0.2) is 114 Å². The quantitative estimate of drug-likeness (QED) is 0.0697. The summed E-state index contributed by atoms with van der Waals surface area (Å²) >= 11 is 6.26.